The van der Waals surface area contributed by atoms with E-state index in [0.717, 1.165) is 132 Å². The third kappa shape index (κ3) is 37.6. The topological polar surface area (TPSA) is 298 Å². The molecule has 0 aliphatic heterocycles. The van der Waals surface area contributed by atoms with Crippen molar-refractivity contribution in [3.8, 4) is 57.1 Å². The second-order valence-corrected chi connectivity index (χ2v) is 35.3. The number of ether oxygens (including phenoxy) is 5. The van der Waals surface area contributed by atoms with Crippen molar-refractivity contribution in [3.05, 3.63) is 366 Å². The van der Waals surface area contributed by atoms with E-state index in [1.54, 1.807) is 190 Å². The Hall–Kier alpha value is -16.3. The van der Waals surface area contributed by atoms with Crippen molar-refractivity contribution in [2.75, 3.05) is 33.5 Å². The van der Waals surface area contributed by atoms with Crippen LogP contribution in [-0.4, -0.2) is 109 Å². The van der Waals surface area contributed by atoms with E-state index in [2.05, 4.69) is 104 Å². The number of nitrogens with zero attached hydrogens (tertiary/aromatic N) is 9. The van der Waals surface area contributed by atoms with Gasteiger partial charge in [-0.2, -0.15) is 25.2 Å². The van der Waals surface area contributed by atoms with Crippen LogP contribution in [-0.2, 0) is 23.6 Å². The Labute approximate surface area is 789 Å². The van der Waals surface area contributed by atoms with Crippen LogP contribution < -0.4 is 23.7 Å². The number of aliphatic imine (C=N–C) groups is 8. The lowest BCUT2D eigenvalue weighted by Gasteiger charge is -2.19. The van der Waals surface area contributed by atoms with Crippen molar-refractivity contribution in [3.63, 3.8) is 0 Å². The van der Waals surface area contributed by atoms with Gasteiger partial charge >= 0.3 is 5.97 Å². The predicted octanol–water partition coefficient (Wildman–Crippen LogP) is 27.5. The lowest BCUT2D eigenvalue weighted by atomic mass is 9.99. The molecule has 0 saturated heterocycles. The molecule has 0 aromatic heterocycles. The number of ketones is 2. The van der Waals surface area contributed by atoms with E-state index >= 15 is 0 Å². The first-order valence-electron chi connectivity index (χ1n) is 44.5. The predicted molar refractivity (Wildman–Crippen MR) is 539 cm³/mol. The summed E-state index contributed by atoms with van der Waals surface area (Å²) in [6.07, 6.45) is 25.0. The molecule has 0 bridgehead atoms. The molecule has 13 aromatic carbocycles. The molecule has 0 saturated carbocycles. The molecule has 22 nitrogen and oxygen atoms in total. The smallest absolute Gasteiger partial charge is 0.343 e. The maximum Gasteiger partial charge on any atom is 0.343 e. The first-order chi connectivity index (χ1) is 66.0. The zero-order chi connectivity index (χ0) is 95.7. The number of carbonyl (C=O) groups excluding carboxylic acids is 7. The minimum atomic E-state index is -1.53. The van der Waals surface area contributed by atoms with Gasteiger partial charge in [-0.15, -0.1) is 0 Å². The van der Waals surface area contributed by atoms with Crippen molar-refractivity contribution >= 4 is 121 Å². The lowest BCUT2D eigenvalue weighted by molar-refractivity contribution is 0.0734. The Kier molecular flexibility index (Phi) is 44.3. The van der Waals surface area contributed by atoms with E-state index in [9.17, 15) is 33.6 Å². The second-order valence-electron chi connectivity index (χ2n) is 30.9. The van der Waals surface area contributed by atoms with Gasteiger partial charge in [0, 0.05) is 54.2 Å². The molecular weight excluding hydrogens is 1710 g/mol. The molecule has 0 heterocycles. The van der Waals surface area contributed by atoms with Gasteiger partial charge in [0.05, 0.1) is 89.1 Å². The highest BCUT2D eigenvalue weighted by Gasteiger charge is 2.20. The van der Waals surface area contributed by atoms with E-state index in [0.29, 0.717) is 93.1 Å². The fraction of sp³-hybridized carbons (Fsp3) is 0.196. The summed E-state index contributed by atoms with van der Waals surface area (Å²) in [5.74, 6) is 3.03. The van der Waals surface area contributed by atoms with Crippen molar-refractivity contribution in [1.29, 1.82) is 5.26 Å². The molecule has 0 N–H and O–H groups in total. The van der Waals surface area contributed by atoms with Gasteiger partial charge < -0.3 is 28.1 Å². The molecule has 682 valence electrons. The lowest BCUT2D eigenvalue weighted by Crippen LogP contribution is -2.28. The summed E-state index contributed by atoms with van der Waals surface area (Å²) in [5.41, 5.74) is 15.1. The van der Waals surface area contributed by atoms with Crippen LogP contribution in [0.4, 0.5) is 45.5 Å². The second kappa shape index (κ2) is 58.4. The number of carbonyl (C=O) groups is 3. The van der Waals surface area contributed by atoms with Crippen LogP contribution in [0.5, 0.6) is 28.7 Å². The van der Waals surface area contributed by atoms with Gasteiger partial charge in [0.2, 0.25) is 24.3 Å². The van der Waals surface area contributed by atoms with E-state index < -0.39 is 14.3 Å². The van der Waals surface area contributed by atoms with Crippen molar-refractivity contribution in [2.24, 2.45) is 39.9 Å². The Bertz CT molecular complexity index is 6030. The third-order valence-electron chi connectivity index (χ3n) is 20.4. The van der Waals surface area contributed by atoms with E-state index in [1.807, 2.05) is 140 Å². The summed E-state index contributed by atoms with van der Waals surface area (Å²) in [6, 6.07) is 100. The Morgan fingerprint density at radius 2 is 0.593 bits per heavy atom. The van der Waals surface area contributed by atoms with Crippen LogP contribution in [0.1, 0.15) is 150 Å². The van der Waals surface area contributed by atoms with Crippen molar-refractivity contribution in [1.82, 2.24) is 0 Å². The van der Waals surface area contributed by atoms with Crippen LogP contribution >= 0.6 is 0 Å². The van der Waals surface area contributed by atoms with Crippen LogP contribution in [0.15, 0.2) is 361 Å². The van der Waals surface area contributed by atoms with Gasteiger partial charge in [-0.05, 0) is 297 Å². The summed E-state index contributed by atoms with van der Waals surface area (Å²) in [4.78, 5) is 110. The zero-order valence-electron chi connectivity index (χ0n) is 76.6. The molecule has 0 atom stereocenters. The Morgan fingerprint density at radius 3 is 0.933 bits per heavy atom. The zero-order valence-corrected chi connectivity index (χ0v) is 77.6. The van der Waals surface area contributed by atoms with E-state index in [4.69, 9.17) is 33.4 Å². The fourth-order valence-corrected chi connectivity index (χ4v) is 13.9. The summed E-state index contributed by atoms with van der Waals surface area (Å²) in [5, 5.41) is 8.81. The summed E-state index contributed by atoms with van der Waals surface area (Å²) >= 11 is 0. The molecular formula is C112H107N9O13Si. The van der Waals surface area contributed by atoms with Crippen molar-refractivity contribution < 1.29 is 61.7 Å². The third-order valence-corrected chi connectivity index (χ3v) is 23.1. The number of esters is 1. The van der Waals surface area contributed by atoms with Gasteiger partial charge in [-0.3, -0.25) is 29.6 Å². The number of benzene rings is 13. The molecule has 23 heteroatoms. The molecule has 0 aliphatic rings. The highest BCUT2D eigenvalue weighted by Crippen LogP contribution is 2.29. The molecule has 13 aromatic rings. The van der Waals surface area contributed by atoms with E-state index in [1.165, 1.54) is 43.6 Å². The Balaban J connectivity index is 0.000000192. The molecule has 13 rings (SSSR count). The summed E-state index contributed by atoms with van der Waals surface area (Å²) in [7, 11) is 0.262. The van der Waals surface area contributed by atoms with Gasteiger partial charge in [0.15, 0.2) is 19.9 Å². The normalized spacial score (nSPS) is 10.6. The number of hydrogen-bond acceptors (Lipinski definition) is 22. The molecule has 0 unspecified atom stereocenters. The monoisotopic (exact) mass is 1810 g/mol. The minimum absolute atomic E-state index is 0.0176. The molecule has 135 heavy (non-hydrogen) atoms. The maximum atomic E-state index is 12.8. The standard InChI is InChI=1S/C30H34O5.C25H28O3Si.C22H14N4O2.C19H21NO.C16H10N4O2/c1-3-5-7-21-33-26-15-9-23(10-16-26)29(31)24-11-19-28(20-12-24)35-30(32)25-13-17-27(18-14-25)34-22-8-6-4-2;1-27-29(2,3)19-7-18-28-24-16-14-23(15-17-24)25(26)22-12-10-21(11-13-22)20-8-5-4-6-9-20;27-15-25-21-9-5-19(6-10-21)23-13-17-1-2-18(4-3-17)14-24-20-7-11-22(12-8-20)26-16-28;1-2-3-4-5-14-21-19-12-10-18(11-13-19)17-8-6-16(15-20)7-9-17;21-11-19-15-5-1-13(2-6-15)17-9-10-18-14-3-7-16(8-4-14)20-12-22/h9-20H,3-8,21-22H2,1-2H3;4-6,8-17H,7,18-19H2,1-3H3;1-14H;6-13H,2-5,14H2,1H3;1-10H. The molecule has 0 fully saturated rings. The van der Waals surface area contributed by atoms with Gasteiger partial charge in [-0.1, -0.05) is 169 Å². The highest BCUT2D eigenvalue weighted by molar-refractivity contribution is 6.71. The minimum Gasteiger partial charge on any atom is -0.494 e. The molecule has 0 spiro atoms. The van der Waals surface area contributed by atoms with Gasteiger partial charge in [0.25, 0.3) is 0 Å². The van der Waals surface area contributed by atoms with Crippen LogP contribution in [0.25, 0.3) is 22.3 Å². The molecule has 0 amide bonds. The van der Waals surface area contributed by atoms with Gasteiger partial charge in [-0.25, -0.2) is 24.0 Å². The first-order valence-corrected chi connectivity index (χ1v) is 47.6. The van der Waals surface area contributed by atoms with Crippen molar-refractivity contribution in [2.45, 2.75) is 111 Å². The molecule has 0 radical (unpaired) electrons. The average Bonchev–Trinajstić information content (AvgIpc) is 0.836. The number of rotatable bonds is 41. The summed E-state index contributed by atoms with van der Waals surface area (Å²) in [6.45, 7) is 13.7. The summed E-state index contributed by atoms with van der Waals surface area (Å²) < 4.78 is 33.9. The number of hydrogen-bond donors (Lipinski definition) is 0. The van der Waals surface area contributed by atoms with Crippen LogP contribution in [0, 0.1) is 11.3 Å². The number of nitriles is 1. The molecule has 0 aliphatic carbocycles. The number of isocyanates is 4. The first kappa shape index (κ1) is 102. The largest absolute Gasteiger partial charge is 0.494 e. The average molecular weight is 1820 g/mol. The van der Waals surface area contributed by atoms with Gasteiger partial charge in [0.1, 0.15) is 28.7 Å². The SMILES string of the molecule is CCCCCCOc1ccc(-c2ccc(C#N)cc2)cc1.CCCCCOc1ccc(C(=O)Oc2ccc(C(=O)c3ccc(OCCCCC)cc3)cc2)cc1.CO[Si](C)(C)CCCOc1ccc(C(=O)c2ccc(-c3ccccc3)cc2)cc1.O=C=Nc1ccc(N=CC=Nc2ccc(N=C=O)cc2)cc1.O=C=Nc1ccc(N=Cc2ccc(C=Nc3ccc(N=C=O)cc3)cc2)cc1. The van der Waals surface area contributed by atoms with Crippen LogP contribution in [0.3, 0.4) is 0 Å². The quantitative estimate of drug-likeness (QED) is 0.00655. The maximum absolute atomic E-state index is 12.8. The van der Waals surface area contributed by atoms with E-state index in [-0.39, 0.29) is 11.6 Å². The number of unbranched alkanes of at least 4 members (excludes halogenated alkanes) is 7. The van der Waals surface area contributed by atoms with Crippen LogP contribution in [0.2, 0.25) is 19.1 Å². The highest BCUT2D eigenvalue weighted by atomic mass is 28.4. The Morgan fingerprint density at radius 1 is 0.311 bits per heavy atom. The fourth-order valence-electron chi connectivity index (χ4n) is 12.7.